The van der Waals surface area contributed by atoms with E-state index in [0.29, 0.717) is 25.6 Å². The average molecular weight is 334 g/mol. The Labute approximate surface area is 142 Å². The molecule has 0 saturated carbocycles. The first-order valence-corrected chi connectivity index (χ1v) is 8.30. The molecule has 1 saturated heterocycles. The number of hydrogen-bond donors (Lipinski definition) is 2. The summed E-state index contributed by atoms with van der Waals surface area (Å²) in [5.74, 6) is 1.25. The maximum absolute atomic E-state index is 11.7. The van der Waals surface area contributed by atoms with Gasteiger partial charge in [0, 0.05) is 39.3 Å². The van der Waals surface area contributed by atoms with Crippen LogP contribution in [0.3, 0.4) is 0 Å². The first-order valence-electron chi connectivity index (χ1n) is 8.30. The largest absolute Gasteiger partial charge is 0.465 e. The van der Waals surface area contributed by atoms with Gasteiger partial charge in [0.2, 0.25) is 5.91 Å². The third-order valence-corrected chi connectivity index (χ3v) is 4.21. The molecule has 1 aliphatic rings. The zero-order valence-electron chi connectivity index (χ0n) is 14.5. The molecule has 24 heavy (non-hydrogen) atoms. The van der Waals surface area contributed by atoms with Crippen LogP contribution >= 0.6 is 0 Å². The average Bonchev–Trinajstić information content (AvgIpc) is 2.54. The predicted octanol–water partition coefficient (Wildman–Crippen LogP) is 1.58. The molecule has 132 valence electrons. The molecule has 2 amide bonds. The van der Waals surface area contributed by atoms with Crippen molar-refractivity contribution < 1.29 is 14.7 Å². The van der Waals surface area contributed by atoms with Crippen molar-refractivity contribution in [2.24, 2.45) is 5.92 Å². The molecular weight excluding hydrogens is 308 g/mol. The Morgan fingerprint density at radius 3 is 2.67 bits per heavy atom. The van der Waals surface area contributed by atoms with Crippen LogP contribution in [-0.2, 0) is 11.2 Å². The summed E-state index contributed by atoms with van der Waals surface area (Å²) in [4.78, 5) is 31.0. The van der Waals surface area contributed by atoms with Crippen LogP contribution in [0.2, 0.25) is 0 Å². The van der Waals surface area contributed by atoms with Crippen LogP contribution in [-0.4, -0.2) is 59.7 Å². The molecule has 7 heteroatoms. The smallest absolute Gasteiger partial charge is 0.407 e. The molecule has 1 aromatic heterocycles. The lowest BCUT2D eigenvalue weighted by Gasteiger charge is -2.40. The molecule has 1 unspecified atom stereocenters. The fourth-order valence-corrected chi connectivity index (χ4v) is 3.00. The molecule has 0 aliphatic carbocycles. The molecule has 1 fully saturated rings. The molecule has 0 radical (unpaired) electrons. The number of amides is 2. The lowest BCUT2D eigenvalue weighted by molar-refractivity contribution is -0.121. The first kappa shape index (κ1) is 18.0. The van der Waals surface area contributed by atoms with E-state index in [1.54, 1.807) is 7.05 Å². The van der Waals surface area contributed by atoms with E-state index in [4.69, 9.17) is 0 Å². The zero-order valence-corrected chi connectivity index (χ0v) is 14.5. The molecule has 0 spiro atoms. The summed E-state index contributed by atoms with van der Waals surface area (Å²) in [5, 5.41) is 11.9. The number of carboxylic acid groups (broad SMARTS) is 1. The Morgan fingerprint density at radius 1 is 1.38 bits per heavy atom. The van der Waals surface area contributed by atoms with Crippen LogP contribution < -0.4 is 10.2 Å². The van der Waals surface area contributed by atoms with Gasteiger partial charge in [0.1, 0.15) is 5.82 Å². The van der Waals surface area contributed by atoms with Gasteiger partial charge in [0.25, 0.3) is 0 Å². The van der Waals surface area contributed by atoms with E-state index in [-0.39, 0.29) is 18.4 Å². The summed E-state index contributed by atoms with van der Waals surface area (Å²) >= 11 is 0. The minimum Gasteiger partial charge on any atom is -0.465 e. The fraction of sp³-hybridized carbons (Fsp3) is 0.588. The molecule has 0 bridgehead atoms. The number of aromatic nitrogens is 1. The topological polar surface area (TPSA) is 85.8 Å². The Kier molecular flexibility index (Phi) is 6.00. The van der Waals surface area contributed by atoms with Crippen LogP contribution in [0.4, 0.5) is 10.6 Å². The number of carbonyl (C=O) groups is 2. The SMILES string of the molecule is CNC(=O)CC1CN(c2ccc(CC(C)C)cn2)CCN1C(=O)O. The van der Waals surface area contributed by atoms with Crippen molar-refractivity contribution >= 4 is 17.8 Å². The highest BCUT2D eigenvalue weighted by molar-refractivity contribution is 5.77. The summed E-state index contributed by atoms with van der Waals surface area (Å²) in [6, 6.07) is 3.68. The van der Waals surface area contributed by atoms with Gasteiger partial charge in [0.15, 0.2) is 0 Å². The van der Waals surface area contributed by atoms with Crippen molar-refractivity contribution in [3.8, 4) is 0 Å². The van der Waals surface area contributed by atoms with E-state index in [1.165, 1.54) is 10.5 Å². The van der Waals surface area contributed by atoms with Gasteiger partial charge in [-0.15, -0.1) is 0 Å². The molecule has 7 nitrogen and oxygen atoms in total. The molecular formula is C17H26N4O3. The normalized spacial score (nSPS) is 17.9. The second-order valence-electron chi connectivity index (χ2n) is 6.58. The molecule has 2 rings (SSSR count). The number of piperazine rings is 1. The van der Waals surface area contributed by atoms with Gasteiger partial charge in [-0.1, -0.05) is 19.9 Å². The van der Waals surface area contributed by atoms with E-state index in [9.17, 15) is 14.7 Å². The Balaban J connectivity index is 2.08. The minimum absolute atomic E-state index is 0.157. The van der Waals surface area contributed by atoms with Gasteiger partial charge < -0.3 is 20.2 Å². The number of nitrogens with zero attached hydrogens (tertiary/aromatic N) is 3. The van der Waals surface area contributed by atoms with Gasteiger partial charge in [-0.25, -0.2) is 9.78 Å². The molecule has 1 atom stereocenters. The maximum atomic E-state index is 11.7. The number of nitrogens with one attached hydrogen (secondary N) is 1. The van der Waals surface area contributed by atoms with Crippen LogP contribution in [0.5, 0.6) is 0 Å². The minimum atomic E-state index is -0.983. The van der Waals surface area contributed by atoms with Crippen molar-refractivity contribution in [3.63, 3.8) is 0 Å². The van der Waals surface area contributed by atoms with E-state index < -0.39 is 6.09 Å². The molecule has 2 N–H and O–H groups in total. The third-order valence-electron chi connectivity index (χ3n) is 4.21. The van der Waals surface area contributed by atoms with Crippen LogP contribution in [0.25, 0.3) is 0 Å². The number of pyridine rings is 1. The highest BCUT2D eigenvalue weighted by Gasteiger charge is 2.32. The molecule has 0 aromatic carbocycles. The third kappa shape index (κ3) is 4.59. The molecule has 1 aromatic rings. The Morgan fingerprint density at radius 2 is 2.12 bits per heavy atom. The van der Waals surface area contributed by atoms with Gasteiger partial charge in [-0.2, -0.15) is 0 Å². The van der Waals surface area contributed by atoms with Crippen molar-refractivity contribution in [3.05, 3.63) is 23.9 Å². The number of hydrogen-bond acceptors (Lipinski definition) is 4. The second kappa shape index (κ2) is 7.99. The highest BCUT2D eigenvalue weighted by atomic mass is 16.4. The first-order chi connectivity index (χ1) is 11.4. The summed E-state index contributed by atoms with van der Waals surface area (Å²) in [5.41, 5.74) is 1.19. The quantitative estimate of drug-likeness (QED) is 0.854. The molecule has 1 aliphatic heterocycles. The maximum Gasteiger partial charge on any atom is 0.407 e. The van der Waals surface area contributed by atoms with Crippen molar-refractivity contribution in [1.29, 1.82) is 0 Å². The highest BCUT2D eigenvalue weighted by Crippen LogP contribution is 2.20. The van der Waals surface area contributed by atoms with Crippen LogP contribution in [0.1, 0.15) is 25.8 Å². The van der Waals surface area contributed by atoms with E-state index >= 15 is 0 Å². The number of rotatable bonds is 5. The van der Waals surface area contributed by atoms with Gasteiger partial charge in [-0.05, 0) is 24.0 Å². The molecule has 2 heterocycles. The lowest BCUT2D eigenvalue weighted by atomic mass is 10.0. The summed E-state index contributed by atoms with van der Waals surface area (Å²) in [6.45, 7) is 5.75. The van der Waals surface area contributed by atoms with E-state index in [1.807, 2.05) is 17.2 Å². The summed E-state index contributed by atoms with van der Waals surface area (Å²) in [7, 11) is 1.56. The summed E-state index contributed by atoms with van der Waals surface area (Å²) in [6.07, 6.45) is 2.04. The van der Waals surface area contributed by atoms with Crippen LogP contribution in [0, 0.1) is 5.92 Å². The van der Waals surface area contributed by atoms with Crippen molar-refractivity contribution in [2.75, 3.05) is 31.6 Å². The van der Waals surface area contributed by atoms with E-state index in [2.05, 4.69) is 30.2 Å². The lowest BCUT2D eigenvalue weighted by Crippen LogP contribution is -2.56. The van der Waals surface area contributed by atoms with Crippen LogP contribution in [0.15, 0.2) is 18.3 Å². The Bertz CT molecular complexity index is 574. The summed E-state index contributed by atoms with van der Waals surface area (Å²) < 4.78 is 0. The van der Waals surface area contributed by atoms with Gasteiger partial charge in [0.05, 0.1) is 6.04 Å². The fourth-order valence-electron chi connectivity index (χ4n) is 3.00. The zero-order chi connectivity index (χ0) is 17.7. The monoisotopic (exact) mass is 334 g/mol. The van der Waals surface area contributed by atoms with Crippen molar-refractivity contribution in [1.82, 2.24) is 15.2 Å². The van der Waals surface area contributed by atoms with Gasteiger partial charge in [-0.3, -0.25) is 4.79 Å². The number of anilines is 1. The predicted molar refractivity (Wildman–Crippen MR) is 92.2 cm³/mol. The number of carbonyl (C=O) groups excluding carboxylic acids is 1. The van der Waals surface area contributed by atoms with Crippen molar-refractivity contribution in [2.45, 2.75) is 32.7 Å². The standard InChI is InChI=1S/C17H26N4O3/c1-12(2)8-13-4-5-15(19-10-13)20-6-7-21(17(23)24)14(11-20)9-16(22)18-3/h4-5,10,12,14H,6-9,11H2,1-3H3,(H,18,22)(H,23,24). The Hall–Kier alpha value is -2.31. The van der Waals surface area contributed by atoms with E-state index in [0.717, 1.165) is 12.2 Å². The van der Waals surface area contributed by atoms with Gasteiger partial charge >= 0.3 is 6.09 Å². The second-order valence-corrected chi connectivity index (χ2v) is 6.58.